The normalized spacial score (nSPS) is 30.5. The first-order chi connectivity index (χ1) is 39.1. The van der Waals surface area contributed by atoms with Crippen LogP contribution in [0.1, 0.15) is 150 Å². The summed E-state index contributed by atoms with van der Waals surface area (Å²) >= 11 is 29.2. The van der Waals surface area contributed by atoms with E-state index in [2.05, 4.69) is 16.4 Å². The average Bonchev–Trinajstić information content (AvgIpc) is 3.42. The van der Waals surface area contributed by atoms with Crippen molar-refractivity contribution in [2.45, 2.75) is 137 Å². The summed E-state index contributed by atoms with van der Waals surface area (Å²) in [6, 6.07) is 23.6. The molecule has 18 rings (SSSR count). The summed E-state index contributed by atoms with van der Waals surface area (Å²) in [5.74, 6) is 2.73. The number of carboxylic acids is 1. The molecule has 4 aromatic carbocycles. The second-order valence-electron chi connectivity index (χ2n) is 24.6. The van der Waals surface area contributed by atoms with Gasteiger partial charge in [-0.15, -0.1) is 22.7 Å². The highest BCUT2D eigenvalue weighted by Gasteiger charge is 2.66. The highest BCUT2D eigenvalue weighted by Crippen LogP contribution is 2.67. The minimum atomic E-state index is -1.04. The number of nitrogens with zero attached hydrogens (tertiary/aromatic N) is 5. The van der Waals surface area contributed by atoms with Crippen LogP contribution in [0.3, 0.4) is 0 Å². The van der Waals surface area contributed by atoms with Crippen LogP contribution in [0.2, 0.25) is 20.1 Å². The smallest absolute Gasteiger partial charge is 0.335 e. The molecule has 10 fully saturated rings. The van der Waals surface area contributed by atoms with Crippen LogP contribution < -0.4 is 0 Å². The van der Waals surface area contributed by atoms with Crippen LogP contribution in [0, 0.1) is 46.8 Å². The van der Waals surface area contributed by atoms with E-state index in [1.807, 2.05) is 48.5 Å². The van der Waals surface area contributed by atoms with E-state index in [0.717, 1.165) is 138 Å². The van der Waals surface area contributed by atoms with Gasteiger partial charge in [-0.3, -0.25) is 0 Å². The highest BCUT2D eigenvalue weighted by atomic mass is 35.5. The SMILES string of the molecule is N#Cc1ccc2nc(C3(O)[C@@H]4CC5C[C@H]3CC(OCc3c(-c6c(Cl)cccc6Cl)noc3C3CC3)(C5)C4)sc2c1.O=C(O)c1ccc2nc(C3(O)[C@@H]4CC5C[C@H]3CC(OCc3c(-c6c(Cl)cccc6Cl)noc3C3CC3)(C5)C4)sc2c1. The standard InChI is InChI=1S/C31H27Cl2N3O3S.C31H28Cl2N2O5S/c32-22-2-1-3-23(33)26(22)27-21(28(39-36-27)18-5-6-18)15-38-30-11-17-8-19(12-30)31(37,20(9-17)13-30)29-35-24-7-4-16(14-34)10-25(24)40-29;32-21-2-1-3-22(33)25(21)26-20(27(40-35-26)16-4-5-16)14-39-30-11-15-8-18(12-30)31(38,19(9-15)13-30)29-34-23-7-6-17(28(36)37)10-24(23)41-29/h1-4,7,10,17-20,37H,5-6,8-9,11-13,15H2;1-3,6-7,10,15-16,18-19,38H,4-5,8-9,11-14H2,(H,36,37)/t17?,19-,20+,30?,31?;15?,18-,19+,30?,31?. The summed E-state index contributed by atoms with van der Waals surface area (Å²) in [7, 11) is 0. The highest BCUT2D eigenvalue weighted by molar-refractivity contribution is 7.19. The quantitative estimate of drug-likeness (QED) is 0.0986. The van der Waals surface area contributed by atoms with Gasteiger partial charge in [-0.1, -0.05) is 68.8 Å². The second-order valence-corrected chi connectivity index (χ2v) is 28.3. The fraction of sp³-hybridized carbons (Fsp3) is 0.452. The molecule has 0 saturated heterocycles. The molecule has 3 N–H and O–H groups in total. The van der Waals surface area contributed by atoms with Crippen LogP contribution in [0.5, 0.6) is 0 Å². The zero-order valence-electron chi connectivity index (χ0n) is 43.8. The lowest BCUT2D eigenvalue weighted by atomic mass is 9.48. The van der Waals surface area contributed by atoms with E-state index in [9.17, 15) is 25.4 Å². The number of hydrogen-bond acceptors (Lipinski definition) is 14. The van der Waals surface area contributed by atoms with Crippen molar-refractivity contribution in [3.8, 4) is 28.6 Å². The van der Waals surface area contributed by atoms with Crippen LogP contribution in [0.4, 0.5) is 0 Å². The van der Waals surface area contributed by atoms with Crippen molar-refractivity contribution < 1.29 is 38.6 Å². The maximum Gasteiger partial charge on any atom is 0.335 e. The third-order valence-corrected chi connectivity index (χ3v) is 23.1. The molecule has 8 bridgehead atoms. The zero-order chi connectivity index (χ0) is 55.3. The second kappa shape index (κ2) is 19.6. The Balaban J connectivity index is 0.000000139. The van der Waals surface area contributed by atoms with Gasteiger partial charge in [-0.25, -0.2) is 14.8 Å². The Morgan fingerprint density at radius 1 is 0.617 bits per heavy atom. The van der Waals surface area contributed by atoms with Crippen LogP contribution in [0.25, 0.3) is 42.9 Å². The van der Waals surface area contributed by atoms with Crippen molar-refractivity contribution in [3.63, 3.8) is 0 Å². The minimum absolute atomic E-state index is 0.0242. The maximum atomic E-state index is 12.3. The number of ether oxygens (including phenoxy) is 2. The molecule has 0 aliphatic heterocycles. The van der Waals surface area contributed by atoms with Gasteiger partial charge in [0.1, 0.15) is 44.1 Å². The number of thiazole rings is 2. The molecule has 19 heteroatoms. The van der Waals surface area contributed by atoms with Crippen molar-refractivity contribution in [1.29, 1.82) is 5.26 Å². The van der Waals surface area contributed by atoms with Gasteiger partial charge < -0.3 is 33.8 Å². The monoisotopic (exact) mass is 1200 g/mol. The number of aromatic nitrogens is 4. The molecule has 416 valence electrons. The number of halogens is 4. The van der Waals surface area contributed by atoms with Crippen molar-refractivity contribution in [2.75, 3.05) is 0 Å². The number of carboxylic acid groups (broad SMARTS) is 1. The number of carbonyl (C=O) groups is 1. The van der Waals surface area contributed by atoms with Gasteiger partial charge >= 0.3 is 5.97 Å². The Bertz CT molecular complexity index is 3840. The van der Waals surface area contributed by atoms with Crippen molar-refractivity contribution in [3.05, 3.63) is 137 Å². The lowest BCUT2D eigenvalue weighted by Gasteiger charge is -2.62. The third kappa shape index (κ3) is 8.82. The number of rotatable bonds is 13. The number of fused-ring (bicyclic) bond motifs is 2. The zero-order valence-corrected chi connectivity index (χ0v) is 48.5. The van der Waals surface area contributed by atoms with E-state index < -0.39 is 17.2 Å². The molecule has 10 aliphatic rings. The first kappa shape index (κ1) is 52.8. The van der Waals surface area contributed by atoms with Crippen LogP contribution in [-0.4, -0.2) is 52.8 Å². The summed E-state index contributed by atoms with van der Waals surface area (Å²) < 4.78 is 27.3. The molecule has 10 aliphatic carbocycles. The molecule has 81 heavy (non-hydrogen) atoms. The van der Waals surface area contributed by atoms with E-state index in [-0.39, 0.29) is 40.4 Å². The summed E-state index contributed by atoms with van der Waals surface area (Å²) in [5, 5.41) is 55.9. The van der Waals surface area contributed by atoms with Gasteiger partial charge in [0.15, 0.2) is 0 Å². The predicted octanol–water partition coefficient (Wildman–Crippen LogP) is 15.8. The van der Waals surface area contributed by atoms with E-state index in [1.54, 1.807) is 24.3 Å². The molecule has 0 spiro atoms. The molecule has 4 aromatic heterocycles. The van der Waals surface area contributed by atoms with Gasteiger partial charge in [-0.2, -0.15) is 5.26 Å². The number of benzene rings is 4. The molecule has 8 aromatic rings. The average molecular weight is 1200 g/mol. The summed E-state index contributed by atoms with van der Waals surface area (Å²) in [4.78, 5) is 21.2. The Hall–Kier alpha value is -4.96. The van der Waals surface area contributed by atoms with Crippen LogP contribution in [-0.2, 0) is 33.9 Å². The number of aliphatic hydroxyl groups is 2. The summed E-state index contributed by atoms with van der Waals surface area (Å²) in [6.07, 6.45) is 13.2. The minimum Gasteiger partial charge on any atom is -0.478 e. The largest absolute Gasteiger partial charge is 0.478 e. The Morgan fingerprint density at radius 2 is 1.04 bits per heavy atom. The first-order valence-electron chi connectivity index (χ1n) is 28.1. The van der Waals surface area contributed by atoms with Crippen molar-refractivity contribution >= 4 is 95.5 Å². The van der Waals surface area contributed by atoms with E-state index in [4.69, 9.17) is 74.9 Å². The lowest BCUT2D eigenvalue weighted by Crippen LogP contribution is -2.62. The first-order valence-corrected chi connectivity index (χ1v) is 31.3. The Labute approximate surface area is 494 Å². The van der Waals surface area contributed by atoms with Crippen LogP contribution >= 0.6 is 69.1 Å². The molecule has 6 unspecified atom stereocenters. The molecular weight excluding hydrogens is 1150 g/mol. The van der Waals surface area contributed by atoms with Gasteiger partial charge in [0.05, 0.1) is 82.1 Å². The topological polar surface area (TPSA) is 198 Å². The lowest BCUT2D eigenvalue weighted by molar-refractivity contribution is -0.250. The van der Waals surface area contributed by atoms with Crippen molar-refractivity contribution in [1.82, 2.24) is 20.3 Å². The maximum absolute atomic E-state index is 12.3. The van der Waals surface area contributed by atoms with E-state index in [1.165, 1.54) is 22.7 Å². The van der Waals surface area contributed by atoms with Crippen molar-refractivity contribution in [2.24, 2.45) is 35.5 Å². The fourth-order valence-electron chi connectivity index (χ4n) is 15.8. The third-order valence-electron chi connectivity index (χ3n) is 19.6. The van der Waals surface area contributed by atoms with Gasteiger partial charge in [0.25, 0.3) is 0 Å². The van der Waals surface area contributed by atoms with E-state index in [0.29, 0.717) is 90.1 Å². The molecule has 13 nitrogen and oxygen atoms in total. The summed E-state index contributed by atoms with van der Waals surface area (Å²) in [5.41, 5.74) is 4.34. The van der Waals surface area contributed by atoms with Gasteiger partial charge in [0, 0.05) is 34.1 Å². The Morgan fingerprint density at radius 3 is 1.44 bits per heavy atom. The summed E-state index contributed by atoms with van der Waals surface area (Å²) in [6.45, 7) is 0.741. The number of nitriles is 1. The van der Waals surface area contributed by atoms with Gasteiger partial charge in [0.2, 0.25) is 0 Å². The predicted molar refractivity (Wildman–Crippen MR) is 309 cm³/mol. The Kier molecular flexibility index (Phi) is 12.8. The number of aromatic carboxylic acids is 1. The molecule has 10 atom stereocenters. The van der Waals surface area contributed by atoms with Gasteiger partial charge in [-0.05, 0) is 186 Å². The van der Waals surface area contributed by atoms with E-state index >= 15 is 0 Å². The molecule has 0 radical (unpaired) electrons. The molecule has 0 amide bonds. The number of hydrogen-bond donors (Lipinski definition) is 3. The molecular formula is C62H55Cl4N5O8S2. The molecule has 10 saturated carbocycles. The van der Waals surface area contributed by atoms with Crippen LogP contribution in [0.15, 0.2) is 81.8 Å². The molecule has 4 heterocycles. The fourth-order valence-corrected chi connectivity index (χ4v) is 19.5.